The van der Waals surface area contributed by atoms with E-state index in [2.05, 4.69) is 18.3 Å². The molecular weight excluding hydrogens is 248 g/mol. The Morgan fingerprint density at radius 1 is 1.33 bits per heavy atom. The number of carbonyl (C=O) groups is 2. The quantitative estimate of drug-likeness (QED) is 0.708. The molecule has 0 spiro atoms. The fourth-order valence-electron chi connectivity index (χ4n) is 1.50. The molecule has 0 fully saturated rings. The molecule has 18 heavy (non-hydrogen) atoms. The summed E-state index contributed by atoms with van der Waals surface area (Å²) in [6.45, 7) is 2.12. The van der Waals surface area contributed by atoms with E-state index in [0.29, 0.717) is 0 Å². The van der Waals surface area contributed by atoms with Crippen LogP contribution in [-0.2, 0) is 9.59 Å². The number of rotatable bonds is 6. The molecule has 0 aliphatic heterocycles. The number of hydrogen-bond donors (Lipinski definition) is 2. The van der Waals surface area contributed by atoms with Gasteiger partial charge in [0.2, 0.25) is 11.8 Å². The molecule has 0 aromatic rings. The van der Waals surface area contributed by atoms with E-state index in [9.17, 15) is 9.59 Å². The van der Waals surface area contributed by atoms with Crippen LogP contribution in [0.25, 0.3) is 0 Å². The Morgan fingerprint density at radius 3 is 2.72 bits per heavy atom. The summed E-state index contributed by atoms with van der Waals surface area (Å²) in [6, 6.07) is -0.0448. The van der Waals surface area contributed by atoms with Crippen LogP contribution < -0.4 is 11.1 Å². The Balaban J connectivity index is 2.52. The minimum atomic E-state index is -0.624. The lowest BCUT2D eigenvalue weighted by atomic mass is 10.1. The average molecular weight is 266 g/mol. The number of allylic oxidation sites excluding steroid dienone is 2. The number of nitrogens with two attached hydrogens (primary N) is 1. The molecule has 5 heteroatoms. The van der Waals surface area contributed by atoms with Gasteiger partial charge in [-0.25, -0.2) is 0 Å². The maximum absolute atomic E-state index is 11.6. The number of thioether (sulfide) groups is 1. The minimum absolute atomic E-state index is 0.0448. The molecule has 4 nitrogen and oxygen atoms in total. The Hall–Kier alpha value is -1.49. The Labute approximate surface area is 111 Å². The highest BCUT2D eigenvalue weighted by molar-refractivity contribution is 8.00. The van der Waals surface area contributed by atoms with Crippen LogP contribution in [0.15, 0.2) is 36.5 Å². The van der Waals surface area contributed by atoms with Crippen molar-refractivity contribution in [2.45, 2.75) is 24.6 Å². The molecule has 2 atom stereocenters. The van der Waals surface area contributed by atoms with Gasteiger partial charge in [-0.1, -0.05) is 31.2 Å². The molecule has 1 aliphatic carbocycles. The van der Waals surface area contributed by atoms with Crippen molar-refractivity contribution >= 4 is 23.6 Å². The van der Waals surface area contributed by atoms with Gasteiger partial charge in [0.1, 0.15) is 0 Å². The van der Waals surface area contributed by atoms with Crippen LogP contribution in [0.3, 0.4) is 0 Å². The molecule has 0 aromatic heterocycles. The van der Waals surface area contributed by atoms with Crippen molar-refractivity contribution in [3.63, 3.8) is 0 Å². The molecule has 1 rings (SSSR count). The minimum Gasteiger partial charge on any atom is -0.366 e. The number of nitrogens with one attached hydrogen (secondary N) is 1. The molecule has 0 radical (unpaired) electrons. The van der Waals surface area contributed by atoms with E-state index >= 15 is 0 Å². The summed E-state index contributed by atoms with van der Waals surface area (Å²) in [6.07, 6.45) is 11.2. The molecule has 0 aromatic carbocycles. The van der Waals surface area contributed by atoms with Gasteiger partial charge in [0.25, 0.3) is 0 Å². The highest BCUT2D eigenvalue weighted by atomic mass is 32.2. The predicted octanol–water partition coefficient (Wildman–Crippen LogP) is 1.15. The summed E-state index contributed by atoms with van der Waals surface area (Å²) >= 11 is 1.80. The van der Waals surface area contributed by atoms with Gasteiger partial charge in [-0.3, -0.25) is 9.59 Å². The standard InChI is InChI=1S/C13H18N2O2S/c1-2-9-18-11-6-4-3-5-10(11)15-13(17)8-7-12(14)16/h3-8,10-11H,2,9H2,1H3,(H2,14,16)(H,15,17)/b8-7+. The van der Waals surface area contributed by atoms with Gasteiger partial charge in [0, 0.05) is 17.4 Å². The molecule has 0 saturated carbocycles. The van der Waals surface area contributed by atoms with Crippen molar-refractivity contribution in [2.75, 3.05) is 5.75 Å². The van der Waals surface area contributed by atoms with Gasteiger partial charge < -0.3 is 11.1 Å². The summed E-state index contributed by atoms with van der Waals surface area (Å²) in [4.78, 5) is 22.1. The van der Waals surface area contributed by atoms with Gasteiger partial charge in [0.15, 0.2) is 0 Å². The average Bonchev–Trinajstić information content (AvgIpc) is 2.35. The zero-order chi connectivity index (χ0) is 13.4. The largest absolute Gasteiger partial charge is 0.366 e. The van der Waals surface area contributed by atoms with Crippen LogP contribution in [0.2, 0.25) is 0 Å². The van der Waals surface area contributed by atoms with Crippen molar-refractivity contribution < 1.29 is 9.59 Å². The summed E-state index contributed by atoms with van der Waals surface area (Å²) in [5, 5.41) is 3.08. The van der Waals surface area contributed by atoms with Crippen molar-refractivity contribution in [3.05, 3.63) is 36.5 Å². The van der Waals surface area contributed by atoms with Crippen LogP contribution in [0.1, 0.15) is 13.3 Å². The van der Waals surface area contributed by atoms with Gasteiger partial charge >= 0.3 is 0 Å². The van der Waals surface area contributed by atoms with Gasteiger partial charge in [-0.2, -0.15) is 11.8 Å². The lowest BCUT2D eigenvalue weighted by Gasteiger charge is -2.24. The van der Waals surface area contributed by atoms with Crippen molar-refractivity contribution in [3.8, 4) is 0 Å². The Bertz CT molecular complexity index is 388. The molecule has 1 aliphatic rings. The fourth-order valence-corrected chi connectivity index (χ4v) is 2.58. The molecule has 0 heterocycles. The summed E-state index contributed by atoms with van der Waals surface area (Å²) in [5.74, 6) is 0.119. The summed E-state index contributed by atoms with van der Waals surface area (Å²) in [7, 11) is 0. The fraction of sp³-hybridized carbons (Fsp3) is 0.385. The van der Waals surface area contributed by atoms with Crippen molar-refractivity contribution in [1.82, 2.24) is 5.32 Å². The van der Waals surface area contributed by atoms with Crippen molar-refractivity contribution in [2.24, 2.45) is 5.73 Å². The molecule has 2 amide bonds. The third-order valence-electron chi connectivity index (χ3n) is 2.31. The van der Waals surface area contributed by atoms with E-state index in [4.69, 9.17) is 5.73 Å². The Morgan fingerprint density at radius 2 is 2.06 bits per heavy atom. The van der Waals surface area contributed by atoms with Gasteiger partial charge in [-0.05, 0) is 12.2 Å². The number of primary amides is 1. The number of carbonyl (C=O) groups excluding carboxylic acids is 2. The van der Waals surface area contributed by atoms with Gasteiger partial charge in [0.05, 0.1) is 6.04 Å². The van der Waals surface area contributed by atoms with Crippen LogP contribution in [0, 0.1) is 0 Å². The first-order chi connectivity index (χ1) is 8.63. The monoisotopic (exact) mass is 266 g/mol. The third-order valence-corrected chi connectivity index (χ3v) is 3.79. The molecule has 0 saturated heterocycles. The molecule has 98 valence electrons. The zero-order valence-corrected chi connectivity index (χ0v) is 11.2. The normalized spacial score (nSPS) is 22.3. The number of hydrogen-bond acceptors (Lipinski definition) is 3. The summed E-state index contributed by atoms with van der Waals surface area (Å²) < 4.78 is 0. The Kier molecular flexibility index (Phi) is 6.28. The predicted molar refractivity (Wildman–Crippen MR) is 75.1 cm³/mol. The van der Waals surface area contributed by atoms with E-state index in [0.717, 1.165) is 24.3 Å². The number of amides is 2. The topological polar surface area (TPSA) is 72.2 Å². The first-order valence-corrected chi connectivity index (χ1v) is 6.93. The second-order valence-electron chi connectivity index (χ2n) is 3.88. The lowest BCUT2D eigenvalue weighted by Crippen LogP contribution is -2.40. The third kappa shape index (κ3) is 5.23. The van der Waals surface area contributed by atoms with Crippen LogP contribution in [0.5, 0.6) is 0 Å². The van der Waals surface area contributed by atoms with Crippen LogP contribution in [-0.4, -0.2) is 28.9 Å². The van der Waals surface area contributed by atoms with E-state index in [-0.39, 0.29) is 17.2 Å². The highest BCUT2D eigenvalue weighted by Crippen LogP contribution is 2.21. The smallest absolute Gasteiger partial charge is 0.244 e. The molecular formula is C13H18N2O2S. The summed E-state index contributed by atoms with van der Waals surface area (Å²) in [5.41, 5.74) is 4.93. The second-order valence-corrected chi connectivity index (χ2v) is 5.16. The van der Waals surface area contributed by atoms with Crippen LogP contribution >= 0.6 is 11.8 Å². The maximum Gasteiger partial charge on any atom is 0.244 e. The van der Waals surface area contributed by atoms with Gasteiger partial charge in [-0.15, -0.1) is 0 Å². The zero-order valence-electron chi connectivity index (χ0n) is 10.3. The second kappa shape index (κ2) is 7.76. The van der Waals surface area contributed by atoms with Crippen LogP contribution in [0.4, 0.5) is 0 Å². The molecule has 3 N–H and O–H groups in total. The molecule has 2 unspecified atom stereocenters. The lowest BCUT2D eigenvalue weighted by molar-refractivity contribution is -0.118. The molecule has 0 bridgehead atoms. The first kappa shape index (κ1) is 14.6. The SMILES string of the molecule is CCCSC1C=CC=CC1NC(=O)/C=C/C(N)=O. The maximum atomic E-state index is 11.6. The van der Waals surface area contributed by atoms with E-state index in [1.54, 1.807) is 11.8 Å². The van der Waals surface area contributed by atoms with Crippen molar-refractivity contribution in [1.29, 1.82) is 0 Å². The highest BCUT2D eigenvalue weighted by Gasteiger charge is 2.19. The van der Waals surface area contributed by atoms with E-state index < -0.39 is 5.91 Å². The van der Waals surface area contributed by atoms with E-state index in [1.807, 2.05) is 18.2 Å². The first-order valence-electron chi connectivity index (χ1n) is 5.88. The van der Waals surface area contributed by atoms with E-state index in [1.165, 1.54) is 0 Å².